The molecule has 0 aromatic heterocycles. The molecule has 1 atom stereocenters. The summed E-state index contributed by atoms with van der Waals surface area (Å²) < 4.78 is 20.4. The Labute approximate surface area is 209 Å². The van der Waals surface area contributed by atoms with Gasteiger partial charge < -0.3 is 9.30 Å². The molecule has 190 valence electrons. The quantitative estimate of drug-likeness (QED) is 0.186. The topological polar surface area (TPSA) is 77.5 Å². The average Bonchev–Trinajstić information content (AvgIpc) is 2.69. The van der Waals surface area contributed by atoms with Crippen LogP contribution in [0.5, 0.6) is 0 Å². The summed E-state index contributed by atoms with van der Waals surface area (Å²) in [6, 6.07) is 7.37. The largest absolute Gasteiger partial charge is 0.413 e. The molecule has 2 rings (SSSR count). The van der Waals surface area contributed by atoms with Gasteiger partial charge in [-0.1, -0.05) is 35.4 Å². The fourth-order valence-corrected chi connectivity index (χ4v) is 6.86. The molecule has 35 heavy (non-hydrogen) atoms. The highest BCUT2D eigenvalue weighted by molar-refractivity contribution is 7.95. The number of nitrogens with zero attached hydrogens (tertiary/aromatic N) is 1. The van der Waals surface area contributed by atoms with Gasteiger partial charge in [0, 0.05) is 24.2 Å². The highest BCUT2D eigenvalue weighted by Crippen LogP contribution is 2.54. The number of hydrogen-bond acceptors (Lipinski definition) is 5. The Balaban J connectivity index is 2.57. The maximum absolute atomic E-state index is 14.5. The first-order valence-corrected chi connectivity index (χ1v) is 13.7. The van der Waals surface area contributed by atoms with Gasteiger partial charge >= 0.3 is 5.97 Å². The van der Waals surface area contributed by atoms with E-state index in [4.69, 9.17) is 4.74 Å². The van der Waals surface area contributed by atoms with E-state index in [-0.39, 0.29) is 12.6 Å². The van der Waals surface area contributed by atoms with E-state index in [0.29, 0.717) is 37.9 Å². The minimum Gasteiger partial charge on any atom is -0.413 e. The van der Waals surface area contributed by atoms with E-state index in [1.807, 2.05) is 59.3 Å². The second kappa shape index (κ2) is 10.6. The van der Waals surface area contributed by atoms with Crippen molar-refractivity contribution in [3.05, 3.63) is 68.8 Å². The molecule has 0 spiro atoms. The number of esters is 1. The second-order valence-corrected chi connectivity index (χ2v) is 13.3. The van der Waals surface area contributed by atoms with Crippen LogP contribution in [0.1, 0.15) is 67.4 Å². The summed E-state index contributed by atoms with van der Waals surface area (Å²) in [6.07, 6.45) is -1.09. The van der Waals surface area contributed by atoms with Crippen LogP contribution in [-0.2, 0) is 14.1 Å². The Morgan fingerprint density at radius 1 is 0.771 bits per heavy atom. The van der Waals surface area contributed by atoms with Crippen LogP contribution in [0.15, 0.2) is 24.3 Å². The van der Waals surface area contributed by atoms with E-state index in [2.05, 4.69) is 0 Å². The molecule has 0 aliphatic heterocycles. The molecule has 6 nitrogen and oxygen atoms in total. The van der Waals surface area contributed by atoms with Gasteiger partial charge in [0.25, 0.3) is 0 Å². The highest BCUT2D eigenvalue weighted by Gasteiger charge is 2.43. The highest BCUT2D eigenvalue weighted by atomic mass is 31.2. The Kier molecular flexibility index (Phi) is 8.68. The third kappa shape index (κ3) is 6.36. The summed E-state index contributed by atoms with van der Waals surface area (Å²) >= 11 is 0. The van der Waals surface area contributed by atoms with Crippen molar-refractivity contribution in [2.45, 2.75) is 61.1 Å². The van der Waals surface area contributed by atoms with Crippen molar-refractivity contribution in [3.63, 3.8) is 0 Å². The van der Waals surface area contributed by atoms with Crippen LogP contribution in [0.3, 0.4) is 0 Å². The van der Waals surface area contributed by atoms with E-state index in [9.17, 15) is 18.9 Å². The van der Waals surface area contributed by atoms with Gasteiger partial charge in [0.2, 0.25) is 24.4 Å². The summed E-state index contributed by atoms with van der Waals surface area (Å²) in [4.78, 5) is 40.4. The van der Waals surface area contributed by atoms with E-state index >= 15 is 0 Å². The molecule has 0 fully saturated rings. The maximum atomic E-state index is 14.5. The van der Waals surface area contributed by atoms with Gasteiger partial charge in [-0.05, 0) is 63.8 Å². The van der Waals surface area contributed by atoms with Gasteiger partial charge in [0.15, 0.2) is 0 Å². The molecule has 0 heterocycles. The molecular weight excluding hydrogens is 461 g/mol. The lowest BCUT2D eigenvalue weighted by Gasteiger charge is -2.30. The SMILES string of the molecule is Cc1cc(C)c(C(=O)P(=O)(CCC(=O)OC(C)[N+](C)(C)C)C(=O)c2c(C)cc(C)cc2C)c(C)c1. The molecule has 0 aliphatic carbocycles. The van der Waals surface area contributed by atoms with E-state index in [1.165, 1.54) is 0 Å². The van der Waals surface area contributed by atoms with Crippen LogP contribution in [0.4, 0.5) is 0 Å². The zero-order valence-corrected chi connectivity index (χ0v) is 23.6. The molecule has 0 N–H and O–H groups in total. The normalized spacial score (nSPS) is 12.9. The van der Waals surface area contributed by atoms with Gasteiger partial charge in [-0.2, -0.15) is 0 Å². The van der Waals surface area contributed by atoms with Gasteiger partial charge in [-0.15, -0.1) is 0 Å². The lowest BCUT2D eigenvalue weighted by atomic mass is 10.0. The molecule has 0 radical (unpaired) electrons. The zero-order valence-electron chi connectivity index (χ0n) is 22.7. The molecule has 0 aliphatic rings. The minimum absolute atomic E-state index is 0.285. The number of hydrogen-bond donors (Lipinski definition) is 0. The predicted octanol–water partition coefficient (Wildman–Crippen LogP) is 5.87. The lowest BCUT2D eigenvalue weighted by molar-refractivity contribution is -0.914. The maximum Gasteiger partial charge on any atom is 0.310 e. The van der Waals surface area contributed by atoms with Crippen LogP contribution in [-0.4, -0.2) is 55.0 Å². The monoisotopic (exact) mass is 500 g/mol. The van der Waals surface area contributed by atoms with Gasteiger partial charge in [-0.25, -0.2) is 0 Å². The van der Waals surface area contributed by atoms with E-state index < -0.39 is 30.4 Å². The number of rotatable bonds is 9. The minimum atomic E-state index is -4.20. The molecule has 0 saturated heterocycles. The number of aryl methyl sites for hydroxylation is 6. The Hall–Kier alpha value is -2.56. The third-order valence-electron chi connectivity index (χ3n) is 6.46. The number of quaternary nitrogens is 1. The van der Waals surface area contributed by atoms with Gasteiger partial charge in [-0.3, -0.25) is 18.9 Å². The number of benzene rings is 2. The van der Waals surface area contributed by atoms with Crippen LogP contribution < -0.4 is 0 Å². The fourth-order valence-electron chi connectivity index (χ4n) is 4.35. The van der Waals surface area contributed by atoms with E-state index in [1.54, 1.807) is 34.6 Å². The molecule has 0 bridgehead atoms. The zero-order chi connectivity index (χ0) is 26.9. The summed E-state index contributed by atoms with van der Waals surface area (Å²) in [5, 5.41) is 0. The van der Waals surface area contributed by atoms with Crippen LogP contribution in [0, 0.1) is 41.5 Å². The Morgan fingerprint density at radius 3 is 1.43 bits per heavy atom. The second-order valence-electron chi connectivity index (χ2n) is 10.6. The molecule has 7 heteroatoms. The molecule has 1 unspecified atom stereocenters. The fraction of sp³-hybridized carbons (Fsp3) is 0.464. The summed E-state index contributed by atoms with van der Waals surface area (Å²) in [5.41, 5.74) is 3.82. The first kappa shape index (κ1) is 28.7. The molecular formula is C28H39NO5P+. The van der Waals surface area contributed by atoms with E-state index in [0.717, 1.165) is 11.1 Å². The predicted molar refractivity (Wildman–Crippen MR) is 141 cm³/mol. The van der Waals surface area contributed by atoms with Crippen molar-refractivity contribution in [1.82, 2.24) is 0 Å². The average molecular weight is 501 g/mol. The first-order valence-electron chi connectivity index (χ1n) is 11.8. The molecule has 0 saturated carbocycles. The third-order valence-corrected chi connectivity index (χ3v) is 9.07. The Bertz CT molecular complexity index is 1100. The van der Waals surface area contributed by atoms with Gasteiger partial charge in [0.05, 0.1) is 27.6 Å². The Morgan fingerprint density at radius 2 is 1.11 bits per heavy atom. The van der Waals surface area contributed by atoms with Crippen molar-refractivity contribution in [2.75, 3.05) is 27.3 Å². The van der Waals surface area contributed by atoms with Crippen molar-refractivity contribution in [2.24, 2.45) is 0 Å². The molecule has 2 aromatic carbocycles. The first-order chi connectivity index (χ1) is 16.0. The van der Waals surface area contributed by atoms with Crippen molar-refractivity contribution in [3.8, 4) is 0 Å². The van der Waals surface area contributed by atoms with Crippen LogP contribution in [0.25, 0.3) is 0 Å². The lowest BCUT2D eigenvalue weighted by Crippen LogP contribution is -2.45. The standard InChI is InChI=1S/C28H39NO5P/c1-17-13-19(3)25(20(4)14-17)27(31)35(33,12-11-24(30)34-23(7)29(8,9)10)28(32)26-21(5)15-18(2)16-22(26)6/h13-16,23H,11-12H2,1-10H3/q+1. The van der Waals surface area contributed by atoms with Crippen molar-refractivity contribution >= 4 is 24.2 Å². The van der Waals surface area contributed by atoms with Crippen molar-refractivity contribution < 1.29 is 28.2 Å². The smallest absolute Gasteiger partial charge is 0.310 e. The van der Waals surface area contributed by atoms with Crippen molar-refractivity contribution in [1.29, 1.82) is 0 Å². The number of carbonyl (C=O) groups excluding carboxylic acids is 3. The summed E-state index contributed by atoms with van der Waals surface area (Å²) in [6.45, 7) is 12.7. The number of carbonyl (C=O) groups is 3. The molecule has 2 aromatic rings. The molecule has 0 amide bonds. The summed E-state index contributed by atoms with van der Waals surface area (Å²) in [5.74, 6) is -0.582. The van der Waals surface area contributed by atoms with Crippen LogP contribution in [0.2, 0.25) is 0 Å². The van der Waals surface area contributed by atoms with Gasteiger partial charge in [0.1, 0.15) is 0 Å². The number of ether oxygens (including phenoxy) is 1. The van der Waals surface area contributed by atoms with Crippen LogP contribution >= 0.6 is 7.14 Å². The summed E-state index contributed by atoms with van der Waals surface area (Å²) in [7, 11) is 1.47.